The van der Waals surface area contributed by atoms with Crippen molar-refractivity contribution in [3.63, 3.8) is 0 Å². The SMILES string of the molecule is Cc1ccc([C@@H](C)OC(=O)Nc2c(-c3ccc(NC(=O)[C@H]4C[C@H](F)C4)cn3)nnn2C)c(Cl)n1. The minimum atomic E-state index is -0.904. The van der Waals surface area contributed by atoms with Crippen LogP contribution in [0.25, 0.3) is 11.4 Å². The van der Waals surface area contributed by atoms with Crippen LogP contribution in [-0.4, -0.2) is 43.1 Å². The van der Waals surface area contributed by atoms with Crippen molar-refractivity contribution >= 4 is 35.1 Å². The fraction of sp³-hybridized carbons (Fsp3) is 0.364. The molecule has 0 aromatic carbocycles. The average molecular weight is 488 g/mol. The van der Waals surface area contributed by atoms with E-state index < -0.39 is 18.4 Å². The first-order chi connectivity index (χ1) is 16.2. The molecule has 1 fully saturated rings. The van der Waals surface area contributed by atoms with Gasteiger partial charge in [-0.15, -0.1) is 5.10 Å². The highest BCUT2D eigenvalue weighted by atomic mass is 35.5. The number of aromatic nitrogens is 5. The monoisotopic (exact) mass is 487 g/mol. The van der Waals surface area contributed by atoms with E-state index in [1.54, 1.807) is 38.2 Å². The van der Waals surface area contributed by atoms with Crippen molar-refractivity contribution in [3.05, 3.63) is 46.9 Å². The second-order valence-corrected chi connectivity index (χ2v) is 8.46. The van der Waals surface area contributed by atoms with Crippen LogP contribution >= 0.6 is 11.6 Å². The van der Waals surface area contributed by atoms with Gasteiger partial charge in [-0.05, 0) is 44.9 Å². The molecule has 0 bridgehead atoms. The number of nitrogens with zero attached hydrogens (tertiary/aromatic N) is 5. The molecule has 1 aliphatic carbocycles. The van der Waals surface area contributed by atoms with E-state index in [1.807, 2.05) is 6.92 Å². The molecule has 0 unspecified atom stereocenters. The molecular formula is C22H23ClFN7O3. The van der Waals surface area contributed by atoms with Gasteiger partial charge in [0.25, 0.3) is 0 Å². The van der Waals surface area contributed by atoms with Gasteiger partial charge in [0.1, 0.15) is 17.4 Å². The molecule has 2 amide bonds. The molecule has 1 atom stereocenters. The molecule has 0 aliphatic heterocycles. The summed E-state index contributed by atoms with van der Waals surface area (Å²) in [6.45, 7) is 3.50. The maximum Gasteiger partial charge on any atom is 0.413 e. The molecule has 34 heavy (non-hydrogen) atoms. The third-order valence-corrected chi connectivity index (χ3v) is 5.81. The fourth-order valence-corrected chi connectivity index (χ4v) is 3.82. The molecule has 1 saturated carbocycles. The van der Waals surface area contributed by atoms with Crippen molar-refractivity contribution in [3.8, 4) is 11.4 Å². The Morgan fingerprint density at radius 2 is 2.00 bits per heavy atom. The first-order valence-corrected chi connectivity index (χ1v) is 11.0. The number of hydrogen-bond acceptors (Lipinski definition) is 7. The number of rotatable bonds is 6. The van der Waals surface area contributed by atoms with Gasteiger partial charge in [0.15, 0.2) is 11.5 Å². The number of aryl methyl sites for hydroxylation is 2. The van der Waals surface area contributed by atoms with Crippen LogP contribution in [0.15, 0.2) is 30.5 Å². The highest BCUT2D eigenvalue weighted by molar-refractivity contribution is 6.30. The van der Waals surface area contributed by atoms with Crippen LogP contribution in [0.2, 0.25) is 5.15 Å². The van der Waals surface area contributed by atoms with Crippen LogP contribution in [-0.2, 0) is 16.6 Å². The number of anilines is 2. The van der Waals surface area contributed by atoms with E-state index in [0.717, 1.165) is 5.69 Å². The largest absolute Gasteiger partial charge is 0.441 e. The predicted molar refractivity (Wildman–Crippen MR) is 123 cm³/mol. The lowest BCUT2D eigenvalue weighted by Crippen LogP contribution is -2.35. The van der Waals surface area contributed by atoms with Crippen molar-refractivity contribution in [1.29, 1.82) is 0 Å². The summed E-state index contributed by atoms with van der Waals surface area (Å²) < 4.78 is 19.8. The Morgan fingerprint density at radius 1 is 1.24 bits per heavy atom. The van der Waals surface area contributed by atoms with Gasteiger partial charge < -0.3 is 10.1 Å². The maximum atomic E-state index is 13.0. The molecule has 12 heteroatoms. The van der Waals surface area contributed by atoms with Gasteiger partial charge >= 0.3 is 6.09 Å². The zero-order valence-corrected chi connectivity index (χ0v) is 19.5. The zero-order valence-electron chi connectivity index (χ0n) is 18.7. The highest BCUT2D eigenvalue weighted by Gasteiger charge is 2.34. The van der Waals surface area contributed by atoms with E-state index in [9.17, 15) is 14.0 Å². The Labute approximate surface area is 199 Å². The van der Waals surface area contributed by atoms with Crippen LogP contribution < -0.4 is 10.6 Å². The second-order valence-electron chi connectivity index (χ2n) is 8.10. The second kappa shape index (κ2) is 9.72. The molecule has 0 radical (unpaired) electrons. The number of pyridine rings is 2. The summed E-state index contributed by atoms with van der Waals surface area (Å²) in [6, 6.07) is 6.82. The van der Waals surface area contributed by atoms with Crippen LogP contribution in [0.5, 0.6) is 0 Å². The van der Waals surface area contributed by atoms with E-state index in [1.165, 1.54) is 10.9 Å². The number of alkyl halides is 1. The van der Waals surface area contributed by atoms with Crippen LogP contribution in [0.3, 0.4) is 0 Å². The minimum Gasteiger partial charge on any atom is -0.441 e. The van der Waals surface area contributed by atoms with Crippen molar-refractivity contribution < 1.29 is 18.7 Å². The lowest BCUT2D eigenvalue weighted by molar-refractivity contribution is -0.124. The summed E-state index contributed by atoms with van der Waals surface area (Å²) in [7, 11) is 1.61. The van der Waals surface area contributed by atoms with Gasteiger partial charge in [0, 0.05) is 24.2 Å². The van der Waals surface area contributed by atoms with Crippen LogP contribution in [0.4, 0.5) is 20.7 Å². The topological polar surface area (TPSA) is 124 Å². The molecule has 0 spiro atoms. The number of amides is 2. The summed E-state index contributed by atoms with van der Waals surface area (Å²) >= 11 is 6.16. The Morgan fingerprint density at radius 3 is 2.65 bits per heavy atom. The van der Waals surface area contributed by atoms with Gasteiger partial charge in [0.05, 0.1) is 17.6 Å². The summed E-state index contributed by atoms with van der Waals surface area (Å²) in [5.74, 6) is -0.270. The first-order valence-electron chi connectivity index (χ1n) is 10.6. The van der Waals surface area contributed by atoms with Crippen molar-refractivity contribution in [1.82, 2.24) is 25.0 Å². The van der Waals surface area contributed by atoms with E-state index in [4.69, 9.17) is 16.3 Å². The van der Waals surface area contributed by atoms with E-state index in [0.29, 0.717) is 22.6 Å². The van der Waals surface area contributed by atoms with Crippen LogP contribution in [0, 0.1) is 12.8 Å². The number of carbonyl (C=O) groups is 2. The molecule has 2 N–H and O–H groups in total. The molecule has 10 nitrogen and oxygen atoms in total. The van der Waals surface area contributed by atoms with E-state index in [-0.39, 0.29) is 35.6 Å². The lowest BCUT2D eigenvalue weighted by atomic mass is 9.83. The summed E-state index contributed by atoms with van der Waals surface area (Å²) in [6.07, 6.45) is -0.329. The minimum absolute atomic E-state index is 0.231. The Balaban J connectivity index is 1.42. The molecule has 1 aliphatic rings. The lowest BCUT2D eigenvalue weighted by Gasteiger charge is -2.28. The van der Waals surface area contributed by atoms with Gasteiger partial charge in [-0.1, -0.05) is 22.9 Å². The number of carbonyl (C=O) groups excluding carboxylic acids is 2. The molecule has 178 valence electrons. The van der Waals surface area contributed by atoms with Gasteiger partial charge in [-0.2, -0.15) is 0 Å². The normalized spacial score (nSPS) is 18.0. The van der Waals surface area contributed by atoms with E-state index >= 15 is 0 Å². The number of ether oxygens (including phenoxy) is 1. The number of halogens is 2. The Hall–Kier alpha value is -3.60. The standard InChI is InChI=1S/C22H23ClFN7O3/c1-11-4-6-16(19(23)26-11)12(2)34-22(33)28-20-18(29-30-31(20)3)17-7-5-15(10-25-17)27-21(32)13-8-14(24)9-13/h4-7,10,12-14H,8-9H2,1-3H3,(H,27,32)(H,28,33)/t12-,13-,14-/m1/s1. The van der Waals surface area contributed by atoms with Gasteiger partial charge in [0.2, 0.25) is 5.91 Å². The summed E-state index contributed by atoms with van der Waals surface area (Å²) in [4.78, 5) is 33.1. The predicted octanol–water partition coefficient (Wildman–Crippen LogP) is 4.23. The Kier molecular flexibility index (Phi) is 6.73. The fourth-order valence-electron chi connectivity index (χ4n) is 3.47. The summed E-state index contributed by atoms with van der Waals surface area (Å²) in [5, 5.41) is 13.6. The quantitative estimate of drug-likeness (QED) is 0.498. The van der Waals surface area contributed by atoms with Crippen molar-refractivity contribution in [2.24, 2.45) is 13.0 Å². The molecule has 0 saturated heterocycles. The zero-order chi connectivity index (χ0) is 24.4. The molecule has 3 aromatic rings. The first kappa shape index (κ1) is 23.6. The number of hydrogen-bond donors (Lipinski definition) is 2. The smallest absolute Gasteiger partial charge is 0.413 e. The Bertz CT molecular complexity index is 1210. The van der Waals surface area contributed by atoms with Crippen molar-refractivity contribution in [2.75, 3.05) is 10.6 Å². The summed E-state index contributed by atoms with van der Waals surface area (Å²) in [5.41, 5.74) is 2.55. The van der Waals surface area contributed by atoms with Gasteiger partial charge in [-0.3, -0.25) is 15.1 Å². The molecular weight excluding hydrogens is 465 g/mol. The molecule has 3 heterocycles. The van der Waals surface area contributed by atoms with Gasteiger partial charge in [-0.25, -0.2) is 18.9 Å². The molecule has 4 rings (SSSR count). The number of nitrogens with one attached hydrogen (secondary N) is 2. The van der Waals surface area contributed by atoms with E-state index in [2.05, 4.69) is 30.9 Å². The van der Waals surface area contributed by atoms with Crippen LogP contribution in [0.1, 0.15) is 37.1 Å². The third kappa shape index (κ3) is 5.14. The van der Waals surface area contributed by atoms with Crippen molar-refractivity contribution in [2.45, 2.75) is 39.0 Å². The molecule has 3 aromatic heterocycles. The maximum absolute atomic E-state index is 13.0. The third-order valence-electron chi connectivity index (χ3n) is 5.51. The highest BCUT2D eigenvalue weighted by Crippen LogP contribution is 2.31. The average Bonchev–Trinajstić information content (AvgIpc) is 3.11.